The van der Waals surface area contributed by atoms with Crippen molar-refractivity contribution in [1.82, 2.24) is 9.97 Å². The largest absolute Gasteiger partial charge is 0.493 e. The fourth-order valence-corrected chi connectivity index (χ4v) is 3.87. The van der Waals surface area contributed by atoms with E-state index < -0.39 is 17.8 Å². The van der Waals surface area contributed by atoms with Crippen molar-refractivity contribution in [1.29, 1.82) is 0 Å². The minimum absolute atomic E-state index is 0.0618. The monoisotopic (exact) mass is 479 g/mol. The minimum Gasteiger partial charge on any atom is -0.493 e. The van der Waals surface area contributed by atoms with Gasteiger partial charge in [0, 0.05) is 17.9 Å². The lowest BCUT2D eigenvalue weighted by Gasteiger charge is -2.18. The van der Waals surface area contributed by atoms with Crippen molar-refractivity contribution in [3.8, 4) is 11.5 Å². The van der Waals surface area contributed by atoms with Crippen LogP contribution < -0.4 is 14.8 Å². The van der Waals surface area contributed by atoms with Crippen LogP contribution in [0.2, 0.25) is 5.02 Å². The van der Waals surface area contributed by atoms with Crippen molar-refractivity contribution in [3.63, 3.8) is 0 Å². The molecule has 2 aliphatic heterocycles. The van der Waals surface area contributed by atoms with E-state index in [2.05, 4.69) is 15.3 Å². The summed E-state index contributed by atoms with van der Waals surface area (Å²) in [5.74, 6) is 2.56. The molecule has 0 spiro atoms. The number of anilines is 2. The highest BCUT2D eigenvalue weighted by Crippen LogP contribution is 2.40. The number of halogens is 4. The zero-order valence-electron chi connectivity index (χ0n) is 17.2. The number of aromatic nitrogens is 2. The molecule has 1 N–H and O–H groups in total. The molecule has 7 nitrogen and oxygen atoms in total. The maximum absolute atomic E-state index is 13.1. The fraction of sp³-hybridized carbons (Fsp3) is 0.273. The van der Waals surface area contributed by atoms with E-state index in [1.165, 1.54) is 19.5 Å². The summed E-state index contributed by atoms with van der Waals surface area (Å²) >= 11 is 6.12. The van der Waals surface area contributed by atoms with Crippen LogP contribution in [0.15, 0.2) is 48.2 Å². The summed E-state index contributed by atoms with van der Waals surface area (Å²) in [5.41, 5.74) is -0.277. The van der Waals surface area contributed by atoms with Crippen LogP contribution in [0.1, 0.15) is 12.0 Å². The molecule has 3 aromatic rings. The first-order valence-electron chi connectivity index (χ1n) is 9.95. The summed E-state index contributed by atoms with van der Waals surface area (Å²) in [6, 6.07) is 6.34. The van der Waals surface area contributed by atoms with Gasteiger partial charge in [0.15, 0.2) is 23.4 Å². The summed E-state index contributed by atoms with van der Waals surface area (Å²) < 4.78 is 62.2. The third kappa shape index (κ3) is 4.06. The number of nitrogens with zero attached hydrogens (tertiary/aromatic N) is 2. The van der Waals surface area contributed by atoms with Gasteiger partial charge >= 0.3 is 6.18 Å². The second kappa shape index (κ2) is 8.18. The minimum atomic E-state index is -4.51. The highest BCUT2D eigenvalue weighted by molar-refractivity contribution is 6.33. The predicted octanol–water partition coefficient (Wildman–Crippen LogP) is 5.46. The van der Waals surface area contributed by atoms with Crippen molar-refractivity contribution in [2.75, 3.05) is 25.6 Å². The molecule has 1 atom stereocenters. The Balaban J connectivity index is 1.49. The number of ether oxygens (including phenoxy) is 4. The van der Waals surface area contributed by atoms with Crippen LogP contribution in [0.25, 0.3) is 10.9 Å². The van der Waals surface area contributed by atoms with Gasteiger partial charge < -0.3 is 24.3 Å². The van der Waals surface area contributed by atoms with Gasteiger partial charge in [-0.15, -0.1) is 0 Å². The molecule has 0 aliphatic carbocycles. The Hall–Kier alpha value is -3.40. The number of nitrogens with one attached hydrogen (secondary N) is 1. The quantitative estimate of drug-likeness (QED) is 0.520. The number of methoxy groups -OCH3 is 1. The summed E-state index contributed by atoms with van der Waals surface area (Å²) in [6.45, 7) is 0.885. The number of alkyl halides is 3. The van der Waals surface area contributed by atoms with E-state index in [0.717, 1.165) is 17.9 Å². The van der Waals surface area contributed by atoms with Crippen LogP contribution in [0, 0.1) is 0 Å². The third-order valence-corrected chi connectivity index (χ3v) is 5.63. The van der Waals surface area contributed by atoms with Crippen LogP contribution >= 0.6 is 11.6 Å². The second-order valence-electron chi connectivity index (χ2n) is 7.36. The molecule has 1 aromatic heterocycles. The summed E-state index contributed by atoms with van der Waals surface area (Å²) in [7, 11) is 1.48. The summed E-state index contributed by atoms with van der Waals surface area (Å²) in [6.07, 6.45) is -2.91. The number of fused-ring (bicyclic) bond motifs is 1. The Kier molecular flexibility index (Phi) is 5.32. The highest BCUT2D eigenvalue weighted by Gasteiger charge is 2.35. The van der Waals surface area contributed by atoms with E-state index in [-0.39, 0.29) is 16.5 Å². The van der Waals surface area contributed by atoms with Gasteiger partial charge in [-0.3, -0.25) is 0 Å². The summed E-state index contributed by atoms with van der Waals surface area (Å²) in [5, 5.41) is 3.50. The average molecular weight is 480 g/mol. The fourth-order valence-electron chi connectivity index (χ4n) is 3.71. The van der Waals surface area contributed by atoms with E-state index in [9.17, 15) is 13.2 Å². The van der Waals surface area contributed by atoms with Gasteiger partial charge in [0.25, 0.3) is 0 Å². The molecule has 2 aliphatic rings. The van der Waals surface area contributed by atoms with Gasteiger partial charge in [0.1, 0.15) is 24.5 Å². The lowest BCUT2D eigenvalue weighted by Crippen LogP contribution is -2.21. The maximum atomic E-state index is 13.1. The number of hydrogen-bond donors (Lipinski definition) is 1. The molecular weight excluding hydrogens is 463 g/mol. The second-order valence-corrected chi connectivity index (χ2v) is 7.77. The van der Waals surface area contributed by atoms with E-state index in [1.807, 2.05) is 0 Å². The molecule has 0 bridgehead atoms. The Morgan fingerprint density at radius 1 is 1.12 bits per heavy atom. The van der Waals surface area contributed by atoms with Crippen LogP contribution in [-0.4, -0.2) is 36.4 Å². The van der Waals surface area contributed by atoms with Gasteiger partial charge in [-0.1, -0.05) is 11.6 Å². The molecule has 2 aromatic carbocycles. The average Bonchev–Trinajstić information content (AvgIpc) is 3.39. The Labute approximate surface area is 191 Å². The lowest BCUT2D eigenvalue weighted by molar-refractivity contribution is -0.137. The first-order chi connectivity index (χ1) is 15.8. The van der Waals surface area contributed by atoms with E-state index >= 15 is 0 Å². The molecule has 0 unspecified atom stereocenters. The SMILES string of the molecule is COc1cc2c(Nc3cc(C(F)(F)F)ccc3Cl)ncnc2cc1O[C@@H]1COC2=C1OCC2. The molecule has 5 rings (SSSR count). The Morgan fingerprint density at radius 3 is 2.76 bits per heavy atom. The van der Waals surface area contributed by atoms with Gasteiger partial charge in [-0.05, 0) is 24.3 Å². The van der Waals surface area contributed by atoms with Crippen LogP contribution in [0.4, 0.5) is 24.7 Å². The number of rotatable bonds is 5. The zero-order valence-corrected chi connectivity index (χ0v) is 18.0. The highest BCUT2D eigenvalue weighted by atomic mass is 35.5. The standard InChI is InChI=1S/C22H17ClF3N3O4/c1-30-17-7-12-14(8-18(17)33-19-9-32-16-4-5-31-20(16)19)27-10-28-21(12)29-15-6-11(22(24,25)26)2-3-13(15)23/h2-3,6-8,10,19H,4-5,9H2,1H3,(H,27,28,29)/t19-/m1/s1. The maximum Gasteiger partial charge on any atom is 0.416 e. The molecule has 0 saturated carbocycles. The van der Waals surface area contributed by atoms with Crippen LogP contribution in [-0.2, 0) is 15.7 Å². The smallest absolute Gasteiger partial charge is 0.416 e. The normalized spacial score (nSPS) is 17.5. The van der Waals surface area contributed by atoms with Gasteiger partial charge in [0.2, 0.25) is 0 Å². The zero-order chi connectivity index (χ0) is 23.2. The van der Waals surface area contributed by atoms with Gasteiger partial charge in [0.05, 0.1) is 35.5 Å². The third-order valence-electron chi connectivity index (χ3n) is 5.30. The molecule has 0 radical (unpaired) electrons. The van der Waals surface area contributed by atoms with Crippen molar-refractivity contribution >= 4 is 34.0 Å². The molecule has 33 heavy (non-hydrogen) atoms. The molecular formula is C22H17ClF3N3O4. The molecule has 3 heterocycles. The van der Waals surface area contributed by atoms with Gasteiger partial charge in [-0.2, -0.15) is 13.2 Å². The predicted molar refractivity (Wildman–Crippen MR) is 114 cm³/mol. The van der Waals surface area contributed by atoms with Crippen LogP contribution in [0.5, 0.6) is 11.5 Å². The van der Waals surface area contributed by atoms with Crippen LogP contribution in [0.3, 0.4) is 0 Å². The summed E-state index contributed by atoms with van der Waals surface area (Å²) in [4.78, 5) is 8.45. The first kappa shape index (κ1) is 21.4. The number of hydrogen-bond acceptors (Lipinski definition) is 7. The van der Waals surface area contributed by atoms with Crippen molar-refractivity contribution in [2.24, 2.45) is 0 Å². The molecule has 0 amide bonds. The van der Waals surface area contributed by atoms with E-state index in [4.69, 9.17) is 30.5 Å². The Bertz CT molecular complexity index is 1270. The number of benzene rings is 2. The molecule has 0 saturated heterocycles. The van der Waals surface area contributed by atoms with Gasteiger partial charge in [-0.25, -0.2) is 9.97 Å². The van der Waals surface area contributed by atoms with Crippen molar-refractivity contribution in [3.05, 3.63) is 58.8 Å². The molecule has 11 heteroatoms. The lowest BCUT2D eigenvalue weighted by atomic mass is 10.1. The van der Waals surface area contributed by atoms with Crippen molar-refractivity contribution in [2.45, 2.75) is 18.7 Å². The van der Waals surface area contributed by atoms with E-state index in [1.54, 1.807) is 12.1 Å². The first-order valence-corrected chi connectivity index (χ1v) is 10.3. The molecule has 172 valence electrons. The molecule has 0 fully saturated rings. The van der Waals surface area contributed by atoms with E-state index in [0.29, 0.717) is 47.8 Å². The Morgan fingerprint density at radius 2 is 1.97 bits per heavy atom. The van der Waals surface area contributed by atoms with Crippen molar-refractivity contribution < 1.29 is 32.1 Å². The topological polar surface area (TPSA) is 74.7 Å².